The number of allylic oxidation sites excluding steroid dienone is 22. The van der Waals surface area contributed by atoms with Crippen molar-refractivity contribution in [3.63, 3.8) is 0 Å². The van der Waals surface area contributed by atoms with Crippen LogP contribution in [-0.4, -0.2) is 49.3 Å². The Morgan fingerprint density at radius 2 is 0.598 bits per heavy atom. The predicted octanol–water partition coefficient (Wildman–Crippen LogP) is 23.6. The summed E-state index contributed by atoms with van der Waals surface area (Å²) >= 11 is 0. The van der Waals surface area contributed by atoms with E-state index >= 15 is 0 Å². The highest BCUT2D eigenvalue weighted by molar-refractivity contribution is 7.47. The largest absolute Gasteiger partial charge is 0.472 e. The Balaban J connectivity index is 3.84. The minimum Gasteiger partial charge on any atom is -0.462 e. The van der Waals surface area contributed by atoms with Gasteiger partial charge in [-0.2, -0.15) is 0 Å². The van der Waals surface area contributed by atoms with Crippen molar-refractivity contribution in [2.75, 3.05) is 26.4 Å². The van der Waals surface area contributed by atoms with Gasteiger partial charge in [-0.25, -0.2) is 4.57 Å². The first-order chi connectivity index (χ1) is 42.8. The summed E-state index contributed by atoms with van der Waals surface area (Å²) in [5.41, 5.74) is 5.40. The molecule has 2 unspecified atom stereocenters. The molecule has 0 aliphatic heterocycles. The van der Waals surface area contributed by atoms with Crippen LogP contribution in [0.5, 0.6) is 0 Å². The van der Waals surface area contributed by atoms with Gasteiger partial charge >= 0.3 is 19.8 Å². The molecule has 3 N–H and O–H groups in total. The van der Waals surface area contributed by atoms with Crippen LogP contribution in [0.3, 0.4) is 0 Å². The first-order valence-electron chi connectivity index (χ1n) is 35.7. The van der Waals surface area contributed by atoms with Crippen LogP contribution in [0.2, 0.25) is 0 Å². The number of phosphoric acid groups is 1. The first kappa shape index (κ1) is 83.2. The normalized spacial score (nSPS) is 13.7. The number of hydrogen-bond acceptors (Lipinski definition) is 8. The Hall–Kier alpha value is -3.85. The number of carbonyl (C=O) groups is 2. The summed E-state index contributed by atoms with van der Waals surface area (Å²) in [6, 6.07) is 0. The number of unbranched alkanes of at least 4 members (excludes halogenated alkanes) is 31. The standard InChI is InChI=1S/C77H132NO8P/c1-3-5-7-9-11-13-15-17-19-21-23-25-27-29-30-31-32-33-34-35-36-37-38-39-40-41-42-43-44-46-47-49-51-53-55-57-59-61-63-65-67-69-76(79)83-73-75(74-85-87(81,82)84-72-71-78)86-77(80)70-68-66-64-62-60-58-56-54-52-50-48-45-28-26-24-22-20-18-16-14-12-10-8-6-4-2/h5-8,11-14,17-20,23-26,45,48,52,54,58,60,75H,3-4,9-10,15-16,21-22,27-44,46-47,49-51,53,55-57,59,61-74,78H2,1-2H3,(H,81,82)/b7-5-,8-6-,13-11-,14-12-,19-17-,20-18-,25-23-,26-24-,48-45-,54-52-,60-58-. The average Bonchev–Trinajstić information content (AvgIpc) is 3.64. The third-order valence-corrected chi connectivity index (χ3v) is 16.0. The fourth-order valence-corrected chi connectivity index (χ4v) is 10.6. The van der Waals surface area contributed by atoms with Gasteiger partial charge in [-0.1, -0.05) is 321 Å². The minimum absolute atomic E-state index is 0.0427. The Morgan fingerprint density at radius 3 is 0.897 bits per heavy atom. The smallest absolute Gasteiger partial charge is 0.462 e. The monoisotopic (exact) mass is 1230 g/mol. The van der Waals surface area contributed by atoms with E-state index < -0.39 is 26.5 Å². The van der Waals surface area contributed by atoms with E-state index in [9.17, 15) is 19.0 Å². The van der Waals surface area contributed by atoms with E-state index in [4.69, 9.17) is 24.3 Å². The molecule has 10 heteroatoms. The molecular weight excluding hydrogens is 1100 g/mol. The molecule has 0 rings (SSSR count). The molecule has 0 aromatic carbocycles. The van der Waals surface area contributed by atoms with Crippen LogP contribution in [0.25, 0.3) is 0 Å². The highest BCUT2D eigenvalue weighted by atomic mass is 31.2. The van der Waals surface area contributed by atoms with Crippen molar-refractivity contribution >= 4 is 19.8 Å². The zero-order valence-corrected chi connectivity index (χ0v) is 56.9. The molecule has 0 aromatic heterocycles. The molecule has 0 bridgehead atoms. The Morgan fingerprint density at radius 1 is 0.345 bits per heavy atom. The van der Waals surface area contributed by atoms with Gasteiger partial charge in [0.1, 0.15) is 6.61 Å². The SMILES string of the molecule is CC/C=C\C/C=C\C/C=C\C/C=C\C/C=C\C/C=C\C/C=C\CCCCCC(=O)OC(COC(=O)CCCCCCCCCCCCCCCCCCCCCCCCCCCCCC/C=C\C/C=C\C/C=C\C/C=C\CC)COP(=O)(O)OCCN. The molecule has 0 aliphatic carbocycles. The summed E-state index contributed by atoms with van der Waals surface area (Å²) in [6.45, 7) is 3.49. The number of carbonyl (C=O) groups excluding carboxylic acids is 2. The van der Waals surface area contributed by atoms with Crippen LogP contribution < -0.4 is 5.73 Å². The number of ether oxygens (including phenoxy) is 2. The molecule has 0 fully saturated rings. The number of esters is 2. The lowest BCUT2D eigenvalue weighted by Gasteiger charge is -2.19. The highest BCUT2D eigenvalue weighted by Gasteiger charge is 2.26. The molecule has 0 radical (unpaired) electrons. The van der Waals surface area contributed by atoms with Gasteiger partial charge in [0.25, 0.3) is 0 Å². The number of nitrogens with two attached hydrogens (primary N) is 1. The van der Waals surface area contributed by atoms with Gasteiger partial charge in [-0.3, -0.25) is 18.6 Å². The summed E-state index contributed by atoms with van der Waals surface area (Å²) < 4.78 is 33.1. The average molecular weight is 1230 g/mol. The summed E-state index contributed by atoms with van der Waals surface area (Å²) in [6.07, 6.45) is 101. The van der Waals surface area contributed by atoms with Crippen molar-refractivity contribution in [3.05, 3.63) is 134 Å². The van der Waals surface area contributed by atoms with E-state index in [0.29, 0.717) is 6.42 Å². The molecule has 9 nitrogen and oxygen atoms in total. The molecule has 0 aromatic rings. The van der Waals surface area contributed by atoms with Gasteiger partial charge in [-0.15, -0.1) is 0 Å². The molecule has 498 valence electrons. The Kier molecular flexibility index (Phi) is 68.1. The van der Waals surface area contributed by atoms with Crippen molar-refractivity contribution in [2.24, 2.45) is 5.73 Å². The van der Waals surface area contributed by atoms with Gasteiger partial charge in [0.2, 0.25) is 0 Å². The fourth-order valence-electron chi connectivity index (χ4n) is 9.85. The molecule has 0 aliphatic rings. The van der Waals surface area contributed by atoms with Gasteiger partial charge in [0, 0.05) is 19.4 Å². The quantitative estimate of drug-likeness (QED) is 0.0264. The second-order valence-electron chi connectivity index (χ2n) is 23.3. The van der Waals surface area contributed by atoms with Crippen LogP contribution in [0, 0.1) is 0 Å². The highest BCUT2D eigenvalue weighted by Crippen LogP contribution is 2.43. The lowest BCUT2D eigenvalue weighted by Crippen LogP contribution is -2.29. The summed E-state index contributed by atoms with van der Waals surface area (Å²) in [7, 11) is -4.41. The van der Waals surface area contributed by atoms with Crippen LogP contribution >= 0.6 is 7.82 Å². The van der Waals surface area contributed by atoms with Gasteiger partial charge in [0.15, 0.2) is 6.10 Å². The lowest BCUT2D eigenvalue weighted by atomic mass is 10.0. The van der Waals surface area contributed by atoms with Crippen molar-refractivity contribution in [1.29, 1.82) is 0 Å². The first-order valence-corrected chi connectivity index (χ1v) is 37.2. The topological polar surface area (TPSA) is 134 Å². The van der Waals surface area contributed by atoms with Crippen molar-refractivity contribution in [1.82, 2.24) is 0 Å². The van der Waals surface area contributed by atoms with Gasteiger partial charge in [0.05, 0.1) is 13.2 Å². The summed E-state index contributed by atoms with van der Waals surface area (Å²) in [5.74, 6) is -0.863. The van der Waals surface area contributed by atoms with Crippen LogP contribution in [0.4, 0.5) is 0 Å². The molecular formula is C77H132NO8P. The zero-order chi connectivity index (χ0) is 63.0. The number of phosphoric ester groups is 1. The summed E-state index contributed by atoms with van der Waals surface area (Å²) in [5, 5.41) is 0. The van der Waals surface area contributed by atoms with E-state index in [1.807, 2.05) is 0 Å². The molecule has 0 saturated carbocycles. The molecule has 2 atom stereocenters. The van der Waals surface area contributed by atoms with E-state index in [2.05, 4.69) is 148 Å². The second kappa shape index (κ2) is 71.2. The number of rotatable bonds is 66. The van der Waals surface area contributed by atoms with E-state index in [1.54, 1.807) is 0 Å². The minimum atomic E-state index is -4.41. The Bertz CT molecular complexity index is 1890. The zero-order valence-electron chi connectivity index (χ0n) is 56.0. The molecule has 0 saturated heterocycles. The van der Waals surface area contributed by atoms with Crippen LogP contribution in [-0.2, 0) is 32.7 Å². The third kappa shape index (κ3) is 71.1. The molecule has 0 spiro atoms. The molecule has 0 heterocycles. The fraction of sp³-hybridized carbons (Fsp3) is 0.688. The van der Waals surface area contributed by atoms with Gasteiger partial charge in [-0.05, 0) is 109 Å². The van der Waals surface area contributed by atoms with Crippen LogP contribution in [0.15, 0.2) is 134 Å². The number of hydrogen-bond donors (Lipinski definition) is 2. The maximum atomic E-state index is 12.7. The maximum Gasteiger partial charge on any atom is 0.472 e. The van der Waals surface area contributed by atoms with E-state index in [1.165, 1.54) is 167 Å². The predicted molar refractivity (Wildman–Crippen MR) is 376 cm³/mol. The molecule has 87 heavy (non-hydrogen) atoms. The van der Waals surface area contributed by atoms with Crippen molar-refractivity contribution in [3.8, 4) is 0 Å². The van der Waals surface area contributed by atoms with Crippen molar-refractivity contribution < 1.29 is 37.6 Å². The second-order valence-corrected chi connectivity index (χ2v) is 24.8. The molecule has 0 amide bonds. The Labute approximate surface area is 535 Å². The maximum absolute atomic E-state index is 12.7. The lowest BCUT2D eigenvalue weighted by molar-refractivity contribution is -0.161. The van der Waals surface area contributed by atoms with E-state index in [-0.39, 0.29) is 38.6 Å². The van der Waals surface area contributed by atoms with Crippen LogP contribution in [0.1, 0.15) is 309 Å². The van der Waals surface area contributed by atoms with Gasteiger partial charge < -0.3 is 20.1 Å². The third-order valence-electron chi connectivity index (χ3n) is 15.0. The summed E-state index contributed by atoms with van der Waals surface area (Å²) in [4.78, 5) is 35.3. The van der Waals surface area contributed by atoms with E-state index in [0.717, 1.165) is 109 Å². The van der Waals surface area contributed by atoms with Crippen molar-refractivity contribution in [2.45, 2.75) is 315 Å².